The molecule has 1 saturated carbocycles. The van der Waals surface area contributed by atoms with E-state index in [1.807, 2.05) is 0 Å². The zero-order chi connectivity index (χ0) is 21.7. The van der Waals surface area contributed by atoms with E-state index in [9.17, 15) is 23.5 Å². The lowest BCUT2D eigenvalue weighted by molar-refractivity contribution is -0.148. The fraction of sp³-hybridized carbons (Fsp3) is 0.571. The van der Waals surface area contributed by atoms with Crippen LogP contribution in [-0.2, 0) is 9.53 Å². The summed E-state index contributed by atoms with van der Waals surface area (Å²) in [5.74, 6) is -1.94. The van der Waals surface area contributed by atoms with E-state index in [1.165, 1.54) is 24.6 Å². The maximum Gasteiger partial charge on any atom is 0.387 e. The minimum atomic E-state index is -3.09. The van der Waals surface area contributed by atoms with Crippen LogP contribution in [0.4, 0.5) is 13.6 Å². The van der Waals surface area contributed by atoms with E-state index in [4.69, 9.17) is 4.74 Å². The van der Waals surface area contributed by atoms with Gasteiger partial charge in [-0.3, -0.25) is 4.79 Å². The fourth-order valence-electron chi connectivity index (χ4n) is 4.05. The lowest BCUT2D eigenvalue weighted by Gasteiger charge is -2.31. The number of rotatable bonds is 7. The number of benzene rings is 1. The number of phenolic OH excluding ortho intramolecular Hbond substituents is 1. The first-order valence-corrected chi connectivity index (χ1v) is 10.2. The number of alkyl halides is 2. The number of carbonyl (C=O) groups excluding carboxylic acids is 2. The van der Waals surface area contributed by atoms with E-state index in [2.05, 4.69) is 15.0 Å². The van der Waals surface area contributed by atoms with Crippen molar-refractivity contribution in [2.24, 2.45) is 16.8 Å². The summed E-state index contributed by atoms with van der Waals surface area (Å²) >= 11 is 0. The van der Waals surface area contributed by atoms with Gasteiger partial charge in [-0.15, -0.1) is 0 Å². The zero-order valence-electron chi connectivity index (χ0n) is 16.8. The Morgan fingerprint density at radius 1 is 1.30 bits per heavy atom. The van der Waals surface area contributed by atoms with Crippen LogP contribution in [0.1, 0.15) is 57.1 Å². The number of hydrogen-bond donors (Lipinski definition) is 2. The van der Waals surface area contributed by atoms with Gasteiger partial charge in [0.1, 0.15) is 5.92 Å². The maximum absolute atomic E-state index is 13.0. The summed E-state index contributed by atoms with van der Waals surface area (Å²) in [6, 6.07) is 2.34. The number of hydrogen-bond acceptors (Lipinski definition) is 5. The second-order valence-corrected chi connectivity index (χ2v) is 7.60. The van der Waals surface area contributed by atoms with Crippen LogP contribution >= 0.6 is 0 Å². The van der Waals surface area contributed by atoms with Crippen LogP contribution < -0.4 is 10.1 Å². The first-order chi connectivity index (χ1) is 14.4. The van der Waals surface area contributed by atoms with Crippen molar-refractivity contribution in [3.63, 3.8) is 0 Å². The molecule has 1 aliphatic heterocycles. The van der Waals surface area contributed by atoms with Crippen molar-refractivity contribution in [2.75, 3.05) is 6.61 Å². The number of esters is 1. The molecule has 2 aliphatic rings. The van der Waals surface area contributed by atoms with Crippen LogP contribution in [0.15, 0.2) is 23.2 Å². The molecule has 9 heteroatoms. The molecule has 1 aliphatic carbocycles. The van der Waals surface area contributed by atoms with E-state index in [1.54, 1.807) is 6.92 Å². The second kappa shape index (κ2) is 9.86. The van der Waals surface area contributed by atoms with E-state index in [0.29, 0.717) is 30.2 Å². The van der Waals surface area contributed by atoms with Gasteiger partial charge in [-0.1, -0.05) is 32.3 Å². The maximum atomic E-state index is 13.0. The highest BCUT2D eigenvalue weighted by atomic mass is 19.3. The Bertz CT molecular complexity index is 809. The number of urea groups is 1. The first-order valence-electron chi connectivity index (χ1n) is 10.2. The molecule has 1 fully saturated rings. The normalized spacial score (nSPS) is 22.4. The minimum absolute atomic E-state index is 0.319. The minimum Gasteiger partial charge on any atom is -0.504 e. The quantitative estimate of drug-likeness (QED) is 0.635. The van der Waals surface area contributed by atoms with Gasteiger partial charge in [-0.25, -0.2) is 9.79 Å². The molecule has 3 rings (SSSR count). The van der Waals surface area contributed by atoms with Crippen molar-refractivity contribution in [3.05, 3.63) is 23.8 Å². The van der Waals surface area contributed by atoms with Gasteiger partial charge >= 0.3 is 18.6 Å². The molecule has 164 valence electrons. The number of ether oxygens (including phenoxy) is 2. The van der Waals surface area contributed by atoms with Gasteiger partial charge in [0.05, 0.1) is 12.6 Å². The fourth-order valence-corrected chi connectivity index (χ4v) is 4.05. The first kappa shape index (κ1) is 22.0. The van der Waals surface area contributed by atoms with Gasteiger partial charge in [0.25, 0.3) is 0 Å². The molecular formula is C21H26F2N2O5. The average molecular weight is 424 g/mol. The van der Waals surface area contributed by atoms with Crippen molar-refractivity contribution in [1.29, 1.82) is 0 Å². The Morgan fingerprint density at radius 2 is 2.03 bits per heavy atom. The summed E-state index contributed by atoms with van der Waals surface area (Å²) in [6.07, 6.45) is 5.85. The molecule has 0 saturated heterocycles. The van der Waals surface area contributed by atoms with E-state index >= 15 is 0 Å². The molecule has 2 atom stereocenters. The predicted octanol–water partition coefficient (Wildman–Crippen LogP) is 4.35. The molecule has 1 aromatic rings. The average Bonchev–Trinajstić information content (AvgIpc) is 2.73. The summed E-state index contributed by atoms with van der Waals surface area (Å²) in [7, 11) is 0. The molecule has 0 radical (unpaired) electrons. The highest BCUT2D eigenvalue weighted by Crippen LogP contribution is 2.35. The largest absolute Gasteiger partial charge is 0.504 e. The lowest BCUT2D eigenvalue weighted by Crippen LogP contribution is -2.45. The molecule has 0 bridgehead atoms. The SMILES string of the molecule is CCC1=NC(=O)NC(c2ccc(OC(F)F)c(O)c2)C1C(=O)OCC1CCCCC1. The van der Waals surface area contributed by atoms with Crippen molar-refractivity contribution < 1.29 is 33.0 Å². The van der Waals surface area contributed by atoms with Crippen LogP contribution in [0.25, 0.3) is 0 Å². The molecule has 2 N–H and O–H groups in total. The van der Waals surface area contributed by atoms with Crippen molar-refractivity contribution >= 4 is 17.7 Å². The van der Waals surface area contributed by atoms with Gasteiger partial charge in [-0.05, 0) is 42.9 Å². The standard InChI is InChI=1S/C21H26F2N2O5/c1-2-14-17(19(27)29-11-12-6-4-3-5-7-12)18(25-21(28)24-14)13-8-9-16(15(26)10-13)30-20(22)23/h8-10,12,17-18,20,26H,2-7,11H2,1H3,(H,25,28). The topological polar surface area (TPSA) is 97.2 Å². The van der Waals surface area contributed by atoms with Crippen molar-refractivity contribution in [2.45, 2.75) is 58.1 Å². The molecular weight excluding hydrogens is 398 g/mol. The van der Waals surface area contributed by atoms with E-state index in [-0.39, 0.29) is 0 Å². The number of carbonyl (C=O) groups is 2. The molecule has 0 spiro atoms. The number of nitrogens with zero attached hydrogens (tertiary/aromatic N) is 1. The van der Waals surface area contributed by atoms with Crippen LogP contribution in [0, 0.1) is 11.8 Å². The Labute approximate surface area is 173 Å². The van der Waals surface area contributed by atoms with Gasteiger partial charge in [0.15, 0.2) is 11.5 Å². The Kier molecular flexibility index (Phi) is 7.23. The van der Waals surface area contributed by atoms with E-state index in [0.717, 1.165) is 25.7 Å². The smallest absolute Gasteiger partial charge is 0.387 e. The third-order valence-electron chi connectivity index (χ3n) is 5.58. The summed E-state index contributed by atoms with van der Waals surface area (Å²) in [5, 5.41) is 12.7. The molecule has 2 amide bonds. The molecule has 7 nitrogen and oxygen atoms in total. The van der Waals surface area contributed by atoms with Gasteiger partial charge in [-0.2, -0.15) is 8.78 Å². The highest BCUT2D eigenvalue weighted by Gasteiger charge is 2.39. The van der Waals surface area contributed by atoms with Gasteiger partial charge in [0, 0.05) is 5.71 Å². The Morgan fingerprint density at radius 3 is 2.67 bits per heavy atom. The molecule has 30 heavy (non-hydrogen) atoms. The number of nitrogens with one attached hydrogen (secondary N) is 1. The predicted molar refractivity (Wildman–Crippen MR) is 105 cm³/mol. The third-order valence-corrected chi connectivity index (χ3v) is 5.58. The number of halogens is 2. The molecule has 1 aromatic carbocycles. The Hall–Kier alpha value is -2.71. The lowest BCUT2D eigenvalue weighted by atomic mass is 9.86. The highest BCUT2D eigenvalue weighted by molar-refractivity contribution is 6.09. The summed E-state index contributed by atoms with van der Waals surface area (Å²) in [4.78, 5) is 28.9. The Balaban J connectivity index is 1.81. The summed E-state index contributed by atoms with van der Waals surface area (Å²) in [5.41, 5.74) is 0.743. The number of aliphatic imine (C=N–C) groups is 1. The monoisotopic (exact) mass is 424 g/mol. The number of amides is 2. The number of phenols is 1. The third kappa shape index (κ3) is 5.25. The number of aromatic hydroxyl groups is 1. The molecule has 2 unspecified atom stereocenters. The zero-order valence-corrected chi connectivity index (χ0v) is 16.8. The van der Waals surface area contributed by atoms with Gasteiger partial charge in [0.2, 0.25) is 0 Å². The van der Waals surface area contributed by atoms with Crippen LogP contribution in [0.2, 0.25) is 0 Å². The van der Waals surface area contributed by atoms with Crippen LogP contribution in [0.5, 0.6) is 11.5 Å². The van der Waals surface area contributed by atoms with Crippen LogP contribution in [-0.4, -0.2) is 36.0 Å². The van der Waals surface area contributed by atoms with Crippen molar-refractivity contribution in [1.82, 2.24) is 5.32 Å². The second-order valence-electron chi connectivity index (χ2n) is 7.60. The molecule has 1 heterocycles. The van der Waals surface area contributed by atoms with Gasteiger partial charge < -0.3 is 19.9 Å². The van der Waals surface area contributed by atoms with Crippen molar-refractivity contribution in [3.8, 4) is 11.5 Å². The molecule has 0 aromatic heterocycles. The van der Waals surface area contributed by atoms with E-state index < -0.39 is 42.1 Å². The summed E-state index contributed by atoms with van der Waals surface area (Å²) < 4.78 is 34.7. The summed E-state index contributed by atoms with van der Waals surface area (Å²) in [6.45, 7) is -0.982. The van der Waals surface area contributed by atoms with Crippen LogP contribution in [0.3, 0.4) is 0 Å².